The second-order valence-electron chi connectivity index (χ2n) is 7.00. The summed E-state index contributed by atoms with van der Waals surface area (Å²) in [6, 6.07) is 8.88. The van der Waals surface area contributed by atoms with E-state index >= 15 is 0 Å². The first-order chi connectivity index (χ1) is 14.1. The fourth-order valence-electron chi connectivity index (χ4n) is 3.01. The lowest BCUT2D eigenvalue weighted by Gasteiger charge is -2.21. The van der Waals surface area contributed by atoms with Crippen LogP contribution in [0.4, 0.5) is 0 Å². The first-order valence-electron chi connectivity index (χ1n) is 9.43. The highest BCUT2D eigenvalue weighted by Crippen LogP contribution is 2.14. The molecule has 2 amide bonds. The van der Waals surface area contributed by atoms with Gasteiger partial charge in [0, 0.05) is 0 Å². The number of nitrogens with one attached hydrogen (secondary N) is 2. The summed E-state index contributed by atoms with van der Waals surface area (Å²) in [6.45, 7) is 5.29. The van der Waals surface area contributed by atoms with Crippen LogP contribution in [0.1, 0.15) is 72.3 Å². The topological polar surface area (TPSA) is 133 Å². The van der Waals surface area contributed by atoms with Gasteiger partial charge < -0.3 is 20.8 Å². The first kappa shape index (κ1) is 22.6. The monoisotopic (exact) mass is 412 g/mol. The van der Waals surface area contributed by atoms with Crippen LogP contribution in [0.15, 0.2) is 36.4 Å². The van der Waals surface area contributed by atoms with Crippen molar-refractivity contribution in [3.8, 4) is 0 Å². The van der Waals surface area contributed by atoms with Gasteiger partial charge in [0.05, 0.1) is 22.3 Å². The summed E-state index contributed by atoms with van der Waals surface area (Å²) in [7, 11) is 0. The Morgan fingerprint density at radius 2 is 1.17 bits per heavy atom. The third-order valence-corrected chi connectivity index (χ3v) is 4.49. The molecule has 0 spiro atoms. The predicted octanol–water partition coefficient (Wildman–Crippen LogP) is 2.99. The first-order valence-corrected chi connectivity index (χ1v) is 9.43. The lowest BCUT2D eigenvalue weighted by atomic mass is 10.0. The number of carbonyl (C=O) groups is 4. The summed E-state index contributed by atoms with van der Waals surface area (Å²) in [5, 5.41) is 24.0. The maximum Gasteiger partial charge on any atom is 0.336 e. The summed E-state index contributed by atoms with van der Waals surface area (Å²) in [5.74, 6) is -3.75. The van der Waals surface area contributed by atoms with Gasteiger partial charge in [0.2, 0.25) is 0 Å². The molecule has 2 aromatic carbocycles. The SMILES string of the molecule is CCCC(NC(=O)c1ccc(C)cc1C(=O)O)NC(=O)c1ccc(C)cc1C(=O)O. The molecule has 0 bridgehead atoms. The van der Waals surface area contributed by atoms with Crippen LogP contribution in [0.3, 0.4) is 0 Å². The molecule has 30 heavy (non-hydrogen) atoms. The maximum atomic E-state index is 12.7. The Hall–Kier alpha value is -3.68. The summed E-state index contributed by atoms with van der Waals surface area (Å²) in [4.78, 5) is 48.3. The number of aromatic carboxylic acids is 2. The third kappa shape index (κ3) is 5.44. The van der Waals surface area contributed by atoms with Crippen molar-refractivity contribution in [3.63, 3.8) is 0 Å². The Morgan fingerprint density at radius 1 is 0.767 bits per heavy atom. The number of benzene rings is 2. The quantitative estimate of drug-likeness (QED) is 0.493. The van der Waals surface area contributed by atoms with Gasteiger partial charge in [0.25, 0.3) is 11.8 Å². The van der Waals surface area contributed by atoms with Gasteiger partial charge in [-0.2, -0.15) is 0 Å². The number of carboxylic acid groups (broad SMARTS) is 2. The predicted molar refractivity (Wildman–Crippen MR) is 110 cm³/mol. The van der Waals surface area contributed by atoms with Crippen LogP contribution < -0.4 is 10.6 Å². The third-order valence-electron chi connectivity index (χ3n) is 4.49. The number of amides is 2. The molecule has 0 saturated heterocycles. The van der Waals surface area contributed by atoms with Crippen molar-refractivity contribution in [1.82, 2.24) is 10.6 Å². The molecule has 0 aliphatic carbocycles. The van der Waals surface area contributed by atoms with Gasteiger partial charge in [0.15, 0.2) is 0 Å². The van der Waals surface area contributed by atoms with Crippen LogP contribution in [0, 0.1) is 13.8 Å². The molecular formula is C22H24N2O6. The van der Waals surface area contributed by atoms with E-state index in [1.807, 2.05) is 6.92 Å². The zero-order valence-corrected chi connectivity index (χ0v) is 17.0. The highest BCUT2D eigenvalue weighted by Gasteiger charge is 2.23. The fourth-order valence-corrected chi connectivity index (χ4v) is 3.01. The minimum Gasteiger partial charge on any atom is -0.478 e. The van der Waals surface area contributed by atoms with Crippen LogP contribution in [0.2, 0.25) is 0 Å². The van der Waals surface area contributed by atoms with E-state index in [0.717, 1.165) is 0 Å². The molecule has 0 unspecified atom stereocenters. The molecule has 0 radical (unpaired) electrons. The fraction of sp³-hybridized carbons (Fsp3) is 0.273. The van der Waals surface area contributed by atoms with Crippen LogP contribution >= 0.6 is 0 Å². The molecule has 0 aromatic heterocycles. The molecule has 0 heterocycles. The number of hydrogen-bond donors (Lipinski definition) is 4. The van der Waals surface area contributed by atoms with Gasteiger partial charge in [0.1, 0.15) is 6.17 Å². The molecule has 4 N–H and O–H groups in total. The minimum atomic E-state index is -1.23. The second-order valence-corrected chi connectivity index (χ2v) is 7.00. The van der Waals surface area contributed by atoms with Crippen LogP contribution in [-0.4, -0.2) is 40.1 Å². The molecule has 0 aliphatic heterocycles. The number of carbonyl (C=O) groups excluding carboxylic acids is 2. The number of carboxylic acids is 2. The standard InChI is InChI=1S/C22H24N2O6/c1-4-5-18(23-19(25)14-8-6-12(2)10-16(14)21(27)28)24-20(26)15-9-7-13(3)11-17(15)22(29)30/h6-11,18H,4-5H2,1-3H3,(H,23,25)(H,24,26)(H,27,28)(H,29,30). The molecular weight excluding hydrogens is 388 g/mol. The highest BCUT2D eigenvalue weighted by atomic mass is 16.4. The molecule has 158 valence electrons. The lowest BCUT2D eigenvalue weighted by Crippen LogP contribution is -2.48. The Labute approximate surface area is 173 Å². The van der Waals surface area contributed by atoms with E-state index in [2.05, 4.69) is 10.6 Å². The van der Waals surface area contributed by atoms with Crippen molar-refractivity contribution in [1.29, 1.82) is 0 Å². The van der Waals surface area contributed by atoms with Crippen molar-refractivity contribution in [2.75, 3.05) is 0 Å². The summed E-state index contributed by atoms with van der Waals surface area (Å²) in [6.07, 6.45) is 0.186. The Bertz CT molecular complexity index is 922. The molecule has 2 aromatic rings. The van der Waals surface area contributed by atoms with E-state index in [9.17, 15) is 29.4 Å². The maximum absolute atomic E-state index is 12.7. The van der Waals surface area contributed by atoms with Gasteiger partial charge in [-0.3, -0.25) is 9.59 Å². The van der Waals surface area contributed by atoms with Crippen molar-refractivity contribution >= 4 is 23.8 Å². The minimum absolute atomic E-state index is 0.0231. The van der Waals surface area contributed by atoms with E-state index in [0.29, 0.717) is 24.0 Å². The zero-order chi connectivity index (χ0) is 22.4. The summed E-state index contributed by atoms with van der Waals surface area (Å²) < 4.78 is 0. The largest absolute Gasteiger partial charge is 0.478 e. The van der Waals surface area contributed by atoms with Crippen molar-refractivity contribution in [2.45, 2.75) is 39.8 Å². The van der Waals surface area contributed by atoms with E-state index in [4.69, 9.17) is 0 Å². The van der Waals surface area contributed by atoms with Crippen LogP contribution in [-0.2, 0) is 0 Å². The number of rotatable bonds is 8. The van der Waals surface area contributed by atoms with Gasteiger partial charge in [-0.1, -0.05) is 36.6 Å². The normalized spacial score (nSPS) is 10.5. The summed E-state index contributed by atoms with van der Waals surface area (Å²) in [5.41, 5.74) is 1.07. The Balaban J connectivity index is 2.25. The Kier molecular flexibility index (Phi) is 7.30. The van der Waals surface area contributed by atoms with Gasteiger partial charge in [-0.25, -0.2) is 9.59 Å². The zero-order valence-electron chi connectivity index (χ0n) is 17.0. The van der Waals surface area contributed by atoms with Crippen molar-refractivity contribution < 1.29 is 29.4 Å². The van der Waals surface area contributed by atoms with Gasteiger partial charge in [-0.15, -0.1) is 0 Å². The highest BCUT2D eigenvalue weighted by molar-refractivity contribution is 6.06. The molecule has 0 fully saturated rings. The molecule has 8 nitrogen and oxygen atoms in total. The van der Waals surface area contributed by atoms with Crippen molar-refractivity contribution in [2.24, 2.45) is 0 Å². The number of hydrogen-bond acceptors (Lipinski definition) is 4. The molecule has 0 atom stereocenters. The average Bonchev–Trinajstić information content (AvgIpc) is 2.67. The van der Waals surface area contributed by atoms with E-state index in [1.54, 1.807) is 26.0 Å². The molecule has 8 heteroatoms. The van der Waals surface area contributed by atoms with Crippen LogP contribution in [0.5, 0.6) is 0 Å². The Morgan fingerprint density at radius 3 is 1.50 bits per heavy atom. The molecule has 2 rings (SSSR count). The lowest BCUT2D eigenvalue weighted by molar-refractivity contribution is 0.0683. The van der Waals surface area contributed by atoms with Crippen molar-refractivity contribution in [3.05, 3.63) is 69.8 Å². The van der Waals surface area contributed by atoms with Gasteiger partial charge >= 0.3 is 11.9 Å². The second kappa shape index (κ2) is 9.69. The van der Waals surface area contributed by atoms with Gasteiger partial charge in [-0.05, 0) is 44.5 Å². The van der Waals surface area contributed by atoms with E-state index in [-0.39, 0.29) is 22.3 Å². The average molecular weight is 412 g/mol. The smallest absolute Gasteiger partial charge is 0.336 e. The van der Waals surface area contributed by atoms with E-state index in [1.165, 1.54) is 24.3 Å². The molecule has 0 aliphatic rings. The number of aryl methyl sites for hydroxylation is 2. The van der Waals surface area contributed by atoms with E-state index < -0.39 is 29.9 Å². The summed E-state index contributed by atoms with van der Waals surface area (Å²) >= 11 is 0. The van der Waals surface area contributed by atoms with Crippen LogP contribution in [0.25, 0.3) is 0 Å². The molecule has 0 saturated carbocycles.